The first-order valence-corrected chi connectivity index (χ1v) is 12.1. The average Bonchev–Trinajstić information content (AvgIpc) is 3.22. The molecule has 0 bridgehead atoms. The van der Waals surface area contributed by atoms with E-state index in [-0.39, 0.29) is 11.7 Å². The number of amidine groups is 1. The van der Waals surface area contributed by atoms with Crippen molar-refractivity contribution in [2.24, 2.45) is 11.0 Å². The van der Waals surface area contributed by atoms with Crippen LogP contribution in [0.5, 0.6) is 11.5 Å². The van der Waals surface area contributed by atoms with Gasteiger partial charge in [0.05, 0.1) is 18.3 Å². The maximum Gasteiger partial charge on any atom is 0.271 e. The van der Waals surface area contributed by atoms with Gasteiger partial charge in [-0.3, -0.25) is 14.6 Å². The first-order valence-electron chi connectivity index (χ1n) is 12.1. The number of hydrogen-bond acceptors (Lipinski definition) is 7. The predicted octanol–water partition coefficient (Wildman–Crippen LogP) is 3.59. The van der Waals surface area contributed by atoms with Crippen LogP contribution in [0.25, 0.3) is 0 Å². The van der Waals surface area contributed by atoms with Gasteiger partial charge in [-0.05, 0) is 38.3 Å². The Balaban J connectivity index is 1.83. The van der Waals surface area contributed by atoms with E-state index in [1.165, 1.54) is 6.07 Å². The predicted molar refractivity (Wildman–Crippen MR) is 131 cm³/mol. The standard InChI is InChI=1S/C25H33F2N5O4/c1-5-16(6-2)12-20(24(34)29-21-10-11-31(30-21)15-25(3,4)35)32-22(33)13-17(14-28-32)36-23-18(26)8-7-9-19(23)27/h7-9,13-14,16,20,35H,5-6,10-12,15H2,1-4H3,(H,29,30,34). The van der Waals surface area contributed by atoms with Crippen molar-refractivity contribution in [3.8, 4) is 11.5 Å². The highest BCUT2D eigenvalue weighted by atomic mass is 19.1. The Bertz CT molecular complexity index is 1140. The van der Waals surface area contributed by atoms with E-state index >= 15 is 0 Å². The number of para-hydroxylation sites is 1. The number of benzene rings is 1. The Morgan fingerprint density at radius 1 is 1.25 bits per heavy atom. The lowest BCUT2D eigenvalue weighted by Crippen LogP contribution is -2.41. The number of hydrazone groups is 1. The number of aromatic nitrogens is 2. The number of β-amino-alcohol motifs (C(OH)–C–C–N with tert-alkyl or cyclic N) is 1. The van der Waals surface area contributed by atoms with E-state index in [1.807, 2.05) is 13.8 Å². The molecule has 0 saturated heterocycles. The summed E-state index contributed by atoms with van der Waals surface area (Å²) >= 11 is 0. The minimum Gasteiger partial charge on any atom is -0.449 e. The molecule has 3 rings (SSSR count). The zero-order chi connectivity index (χ0) is 26.5. The van der Waals surface area contributed by atoms with Gasteiger partial charge in [-0.1, -0.05) is 32.8 Å². The van der Waals surface area contributed by atoms with Crippen molar-refractivity contribution in [2.75, 3.05) is 13.1 Å². The first kappa shape index (κ1) is 27.3. The van der Waals surface area contributed by atoms with Crippen LogP contribution < -0.4 is 15.6 Å². The van der Waals surface area contributed by atoms with Gasteiger partial charge in [0, 0.05) is 19.0 Å². The van der Waals surface area contributed by atoms with Crippen LogP contribution in [0.15, 0.2) is 40.4 Å². The zero-order valence-corrected chi connectivity index (χ0v) is 21.0. The molecular formula is C25H33F2N5O4. The summed E-state index contributed by atoms with van der Waals surface area (Å²) < 4.78 is 34.2. The number of amides is 1. The third-order valence-electron chi connectivity index (χ3n) is 5.95. The highest BCUT2D eigenvalue weighted by Crippen LogP contribution is 2.27. The molecule has 0 radical (unpaired) electrons. The smallest absolute Gasteiger partial charge is 0.271 e. The number of rotatable bonds is 10. The van der Waals surface area contributed by atoms with E-state index in [0.29, 0.717) is 31.8 Å². The fourth-order valence-corrected chi connectivity index (χ4v) is 4.02. The van der Waals surface area contributed by atoms with Crippen LogP contribution in [-0.4, -0.2) is 50.3 Å². The number of nitrogens with zero attached hydrogens (tertiary/aromatic N) is 4. The summed E-state index contributed by atoms with van der Waals surface area (Å²) in [5, 5.41) is 23.0. The van der Waals surface area contributed by atoms with Crippen molar-refractivity contribution in [2.45, 2.75) is 65.0 Å². The number of ether oxygens (including phenoxy) is 1. The fourth-order valence-electron chi connectivity index (χ4n) is 4.02. The van der Waals surface area contributed by atoms with Crippen LogP contribution in [0.3, 0.4) is 0 Å². The van der Waals surface area contributed by atoms with E-state index in [9.17, 15) is 23.5 Å². The third-order valence-corrected chi connectivity index (χ3v) is 5.95. The molecule has 2 heterocycles. The maximum atomic E-state index is 13.9. The Kier molecular flexibility index (Phi) is 8.78. The van der Waals surface area contributed by atoms with Crippen LogP contribution in [0, 0.1) is 17.6 Å². The second kappa shape index (κ2) is 11.6. The van der Waals surface area contributed by atoms with Gasteiger partial charge in [0.15, 0.2) is 23.1 Å². The van der Waals surface area contributed by atoms with Gasteiger partial charge in [-0.15, -0.1) is 0 Å². The second-order valence-corrected chi connectivity index (χ2v) is 9.55. The van der Waals surface area contributed by atoms with Crippen molar-refractivity contribution in [3.05, 3.63) is 52.5 Å². The molecule has 1 aromatic carbocycles. The molecule has 2 N–H and O–H groups in total. The third kappa shape index (κ3) is 7.09. The molecule has 9 nitrogen and oxygen atoms in total. The summed E-state index contributed by atoms with van der Waals surface area (Å²) in [6.07, 6.45) is 3.63. The van der Waals surface area contributed by atoms with Crippen molar-refractivity contribution < 1.29 is 23.4 Å². The van der Waals surface area contributed by atoms with Crippen LogP contribution in [0.2, 0.25) is 0 Å². The highest BCUT2D eigenvalue weighted by molar-refractivity contribution is 6.00. The lowest BCUT2D eigenvalue weighted by Gasteiger charge is -2.23. The lowest BCUT2D eigenvalue weighted by molar-refractivity contribution is -0.123. The molecule has 1 aliphatic rings. The van der Waals surface area contributed by atoms with E-state index < -0.39 is 40.5 Å². The molecule has 0 fully saturated rings. The first-order chi connectivity index (χ1) is 17.0. The topological polar surface area (TPSA) is 109 Å². The molecular weight excluding hydrogens is 472 g/mol. The Hall–Kier alpha value is -3.34. The van der Waals surface area contributed by atoms with Crippen LogP contribution in [-0.2, 0) is 4.79 Å². The van der Waals surface area contributed by atoms with Crippen molar-refractivity contribution in [1.29, 1.82) is 0 Å². The quantitative estimate of drug-likeness (QED) is 0.511. The molecule has 11 heteroatoms. The van der Waals surface area contributed by atoms with Gasteiger partial charge >= 0.3 is 0 Å². The monoisotopic (exact) mass is 505 g/mol. The van der Waals surface area contributed by atoms with E-state index in [0.717, 1.165) is 41.9 Å². The Labute approximate surface area is 208 Å². The Morgan fingerprint density at radius 3 is 2.50 bits per heavy atom. The summed E-state index contributed by atoms with van der Waals surface area (Å²) in [7, 11) is 0. The summed E-state index contributed by atoms with van der Waals surface area (Å²) in [5.41, 5.74) is -1.58. The molecule has 2 aromatic rings. The summed E-state index contributed by atoms with van der Waals surface area (Å²) in [6.45, 7) is 8.24. The fraction of sp³-hybridized carbons (Fsp3) is 0.520. The normalized spacial score (nSPS) is 14.7. The molecule has 1 amide bonds. The second-order valence-electron chi connectivity index (χ2n) is 9.55. The van der Waals surface area contributed by atoms with Crippen LogP contribution in [0.1, 0.15) is 59.4 Å². The Morgan fingerprint density at radius 2 is 1.92 bits per heavy atom. The molecule has 196 valence electrons. The van der Waals surface area contributed by atoms with Crippen molar-refractivity contribution >= 4 is 11.7 Å². The van der Waals surface area contributed by atoms with Gasteiger partial charge in [0.1, 0.15) is 11.9 Å². The van der Waals surface area contributed by atoms with Gasteiger partial charge in [-0.25, -0.2) is 13.5 Å². The van der Waals surface area contributed by atoms with Crippen molar-refractivity contribution in [1.82, 2.24) is 20.1 Å². The largest absolute Gasteiger partial charge is 0.449 e. The van der Waals surface area contributed by atoms with E-state index in [4.69, 9.17) is 4.74 Å². The van der Waals surface area contributed by atoms with Gasteiger partial charge in [0.2, 0.25) is 5.91 Å². The highest BCUT2D eigenvalue weighted by Gasteiger charge is 2.29. The molecule has 1 atom stereocenters. The molecule has 0 saturated carbocycles. The minimum absolute atomic E-state index is 0.149. The lowest BCUT2D eigenvalue weighted by atomic mass is 9.94. The van der Waals surface area contributed by atoms with Gasteiger partial charge in [-0.2, -0.15) is 10.2 Å². The molecule has 1 aromatic heterocycles. The van der Waals surface area contributed by atoms with E-state index in [2.05, 4.69) is 15.5 Å². The molecule has 0 aliphatic carbocycles. The molecule has 1 unspecified atom stereocenters. The number of halogens is 2. The van der Waals surface area contributed by atoms with Crippen LogP contribution >= 0.6 is 0 Å². The van der Waals surface area contributed by atoms with Crippen molar-refractivity contribution in [3.63, 3.8) is 0 Å². The van der Waals surface area contributed by atoms with Gasteiger partial charge in [0.25, 0.3) is 5.56 Å². The molecule has 1 aliphatic heterocycles. The molecule has 36 heavy (non-hydrogen) atoms. The van der Waals surface area contributed by atoms with E-state index in [1.54, 1.807) is 18.9 Å². The zero-order valence-electron chi connectivity index (χ0n) is 21.0. The number of nitrogens with one attached hydrogen (secondary N) is 1. The number of carbonyl (C=O) groups is 1. The summed E-state index contributed by atoms with van der Waals surface area (Å²) in [4.78, 5) is 26.2. The number of carbonyl (C=O) groups excluding carboxylic acids is 1. The summed E-state index contributed by atoms with van der Waals surface area (Å²) in [5.74, 6) is -2.45. The number of hydrogen-bond donors (Lipinski definition) is 2. The minimum atomic E-state index is -0.937. The SMILES string of the molecule is CCC(CC)CC(C(=O)NC1=NN(CC(C)(C)O)CC1)n1ncc(Oc2c(F)cccc2F)cc1=O. The van der Waals surface area contributed by atoms with Crippen LogP contribution in [0.4, 0.5) is 8.78 Å². The average molecular weight is 506 g/mol. The summed E-state index contributed by atoms with van der Waals surface area (Å²) in [6, 6.07) is 3.40. The number of aliphatic hydroxyl groups is 1. The molecule has 0 spiro atoms. The maximum absolute atomic E-state index is 13.9. The van der Waals surface area contributed by atoms with Gasteiger partial charge < -0.3 is 15.2 Å².